The number of aryl methyl sites for hydroxylation is 1. The third-order valence-electron chi connectivity index (χ3n) is 3.04. The van der Waals surface area contributed by atoms with Crippen LogP contribution < -0.4 is 10.6 Å². The maximum absolute atomic E-state index is 11.1. The molecule has 4 heteroatoms. The van der Waals surface area contributed by atoms with Gasteiger partial charge in [-0.3, -0.25) is 4.79 Å². The van der Waals surface area contributed by atoms with Gasteiger partial charge in [0, 0.05) is 36.7 Å². The summed E-state index contributed by atoms with van der Waals surface area (Å²) in [5, 5.41) is 6.17. The monoisotopic (exact) mass is 271 g/mol. The first-order valence-electron chi connectivity index (χ1n) is 6.94. The summed E-state index contributed by atoms with van der Waals surface area (Å²) in [6.45, 7) is 5.50. The highest BCUT2D eigenvalue weighted by atomic mass is 16.1. The SMILES string of the molecule is CCCn1cccc1CNc1cccc(NC(C)=O)c1. The lowest BCUT2D eigenvalue weighted by atomic mass is 10.2. The van der Waals surface area contributed by atoms with Crippen LogP contribution in [0.4, 0.5) is 11.4 Å². The van der Waals surface area contributed by atoms with Crippen molar-refractivity contribution in [3.63, 3.8) is 0 Å². The molecule has 1 heterocycles. The highest BCUT2D eigenvalue weighted by molar-refractivity contribution is 5.89. The summed E-state index contributed by atoms with van der Waals surface area (Å²) in [5.74, 6) is -0.0565. The third-order valence-corrected chi connectivity index (χ3v) is 3.04. The fraction of sp³-hybridized carbons (Fsp3) is 0.312. The van der Waals surface area contributed by atoms with Gasteiger partial charge in [-0.15, -0.1) is 0 Å². The van der Waals surface area contributed by atoms with Gasteiger partial charge in [-0.25, -0.2) is 0 Å². The van der Waals surface area contributed by atoms with E-state index in [0.717, 1.165) is 30.9 Å². The van der Waals surface area contributed by atoms with Crippen molar-refractivity contribution < 1.29 is 4.79 Å². The number of carbonyl (C=O) groups is 1. The number of anilines is 2. The van der Waals surface area contributed by atoms with Gasteiger partial charge < -0.3 is 15.2 Å². The molecule has 106 valence electrons. The second-order valence-electron chi connectivity index (χ2n) is 4.81. The first-order chi connectivity index (χ1) is 9.69. The summed E-state index contributed by atoms with van der Waals surface area (Å²) < 4.78 is 2.25. The van der Waals surface area contributed by atoms with Crippen LogP contribution in [0.15, 0.2) is 42.6 Å². The van der Waals surface area contributed by atoms with E-state index < -0.39 is 0 Å². The van der Waals surface area contributed by atoms with Crippen molar-refractivity contribution in [2.24, 2.45) is 0 Å². The topological polar surface area (TPSA) is 46.1 Å². The Morgan fingerprint density at radius 2 is 2.00 bits per heavy atom. The molecule has 0 saturated carbocycles. The molecule has 1 amide bonds. The van der Waals surface area contributed by atoms with Crippen molar-refractivity contribution in [3.05, 3.63) is 48.3 Å². The number of hydrogen-bond donors (Lipinski definition) is 2. The molecule has 0 saturated heterocycles. The molecule has 0 bridgehead atoms. The zero-order valence-electron chi connectivity index (χ0n) is 12.0. The van der Waals surface area contributed by atoms with Gasteiger partial charge in [0.15, 0.2) is 0 Å². The van der Waals surface area contributed by atoms with Crippen molar-refractivity contribution >= 4 is 17.3 Å². The van der Waals surface area contributed by atoms with Crippen LogP contribution in [-0.2, 0) is 17.9 Å². The lowest BCUT2D eigenvalue weighted by Crippen LogP contribution is -2.08. The highest BCUT2D eigenvalue weighted by Crippen LogP contribution is 2.16. The number of nitrogens with zero attached hydrogens (tertiary/aromatic N) is 1. The number of aromatic nitrogens is 1. The molecule has 0 aliphatic rings. The van der Waals surface area contributed by atoms with Crippen LogP contribution in [0.25, 0.3) is 0 Å². The molecule has 2 N–H and O–H groups in total. The molecule has 1 aromatic carbocycles. The van der Waals surface area contributed by atoms with Gasteiger partial charge in [-0.2, -0.15) is 0 Å². The zero-order chi connectivity index (χ0) is 14.4. The fourth-order valence-corrected chi connectivity index (χ4v) is 2.17. The van der Waals surface area contributed by atoms with Gasteiger partial charge in [0.05, 0.1) is 6.54 Å². The molecular formula is C16H21N3O. The third kappa shape index (κ3) is 3.88. The predicted octanol–water partition coefficient (Wildman–Crippen LogP) is 3.47. The summed E-state index contributed by atoms with van der Waals surface area (Å²) in [7, 11) is 0. The standard InChI is InChI=1S/C16H21N3O/c1-3-9-19-10-5-8-16(19)12-17-14-6-4-7-15(11-14)18-13(2)20/h4-8,10-11,17H,3,9,12H2,1-2H3,(H,18,20). The molecule has 0 aliphatic carbocycles. The lowest BCUT2D eigenvalue weighted by Gasteiger charge is -2.11. The smallest absolute Gasteiger partial charge is 0.221 e. The minimum atomic E-state index is -0.0565. The van der Waals surface area contributed by atoms with E-state index in [0.29, 0.717) is 0 Å². The molecule has 0 unspecified atom stereocenters. The molecule has 1 aromatic heterocycles. The number of rotatable bonds is 6. The van der Waals surface area contributed by atoms with E-state index in [4.69, 9.17) is 0 Å². The van der Waals surface area contributed by atoms with Gasteiger partial charge in [-0.05, 0) is 36.8 Å². The molecular weight excluding hydrogens is 250 g/mol. The Kier molecular flexibility index (Phi) is 4.82. The predicted molar refractivity (Wildman–Crippen MR) is 82.8 cm³/mol. The second-order valence-corrected chi connectivity index (χ2v) is 4.81. The quantitative estimate of drug-likeness (QED) is 0.845. The van der Waals surface area contributed by atoms with Crippen LogP contribution in [0.2, 0.25) is 0 Å². The fourth-order valence-electron chi connectivity index (χ4n) is 2.17. The Balaban J connectivity index is 1.99. The largest absolute Gasteiger partial charge is 0.379 e. The van der Waals surface area contributed by atoms with E-state index in [1.165, 1.54) is 12.6 Å². The lowest BCUT2D eigenvalue weighted by molar-refractivity contribution is -0.114. The van der Waals surface area contributed by atoms with Crippen LogP contribution in [0, 0.1) is 0 Å². The van der Waals surface area contributed by atoms with Crippen LogP contribution >= 0.6 is 0 Å². The number of nitrogens with one attached hydrogen (secondary N) is 2. The van der Waals surface area contributed by atoms with E-state index in [9.17, 15) is 4.79 Å². The molecule has 2 aromatic rings. The number of amides is 1. The van der Waals surface area contributed by atoms with Crippen molar-refractivity contribution in [2.45, 2.75) is 33.4 Å². The van der Waals surface area contributed by atoms with Gasteiger partial charge in [0.2, 0.25) is 5.91 Å². The molecule has 0 atom stereocenters. The Labute approximate surface area is 119 Å². The Morgan fingerprint density at radius 3 is 2.75 bits per heavy atom. The average molecular weight is 271 g/mol. The highest BCUT2D eigenvalue weighted by Gasteiger charge is 2.01. The first kappa shape index (κ1) is 14.2. The van der Waals surface area contributed by atoms with Crippen LogP contribution in [0.3, 0.4) is 0 Å². The second kappa shape index (κ2) is 6.80. The molecule has 2 rings (SSSR count). The van der Waals surface area contributed by atoms with E-state index in [2.05, 4.69) is 40.5 Å². The minimum Gasteiger partial charge on any atom is -0.379 e. The molecule has 0 radical (unpaired) electrons. The molecule has 20 heavy (non-hydrogen) atoms. The van der Waals surface area contributed by atoms with Crippen molar-refractivity contribution in [1.29, 1.82) is 0 Å². The minimum absolute atomic E-state index is 0.0565. The molecule has 0 aliphatic heterocycles. The van der Waals surface area contributed by atoms with Gasteiger partial charge >= 0.3 is 0 Å². The summed E-state index contributed by atoms with van der Waals surface area (Å²) in [6.07, 6.45) is 3.23. The summed E-state index contributed by atoms with van der Waals surface area (Å²) in [6, 6.07) is 11.9. The van der Waals surface area contributed by atoms with Crippen molar-refractivity contribution in [2.75, 3.05) is 10.6 Å². The first-order valence-corrected chi connectivity index (χ1v) is 6.94. The van der Waals surface area contributed by atoms with Gasteiger partial charge in [-0.1, -0.05) is 13.0 Å². The number of benzene rings is 1. The van der Waals surface area contributed by atoms with E-state index in [1.54, 1.807) is 0 Å². The number of carbonyl (C=O) groups excluding carboxylic acids is 1. The van der Waals surface area contributed by atoms with E-state index >= 15 is 0 Å². The van der Waals surface area contributed by atoms with E-state index in [-0.39, 0.29) is 5.91 Å². The Bertz CT molecular complexity index is 575. The number of hydrogen-bond acceptors (Lipinski definition) is 2. The Hall–Kier alpha value is -2.23. The maximum Gasteiger partial charge on any atom is 0.221 e. The van der Waals surface area contributed by atoms with Crippen LogP contribution in [-0.4, -0.2) is 10.5 Å². The molecule has 0 fully saturated rings. The van der Waals surface area contributed by atoms with E-state index in [1.807, 2.05) is 24.3 Å². The molecule has 4 nitrogen and oxygen atoms in total. The van der Waals surface area contributed by atoms with Gasteiger partial charge in [0.25, 0.3) is 0 Å². The van der Waals surface area contributed by atoms with Crippen LogP contribution in [0.1, 0.15) is 26.0 Å². The van der Waals surface area contributed by atoms with Gasteiger partial charge in [0.1, 0.15) is 0 Å². The van der Waals surface area contributed by atoms with Crippen molar-refractivity contribution in [3.8, 4) is 0 Å². The maximum atomic E-state index is 11.1. The average Bonchev–Trinajstić information content (AvgIpc) is 2.84. The summed E-state index contributed by atoms with van der Waals surface area (Å²) in [4.78, 5) is 11.1. The Morgan fingerprint density at radius 1 is 1.20 bits per heavy atom. The molecule has 0 spiro atoms. The normalized spacial score (nSPS) is 10.3. The summed E-state index contributed by atoms with van der Waals surface area (Å²) in [5.41, 5.74) is 3.07. The summed E-state index contributed by atoms with van der Waals surface area (Å²) >= 11 is 0. The zero-order valence-corrected chi connectivity index (χ0v) is 12.0. The van der Waals surface area contributed by atoms with Crippen LogP contribution in [0.5, 0.6) is 0 Å². The van der Waals surface area contributed by atoms with Crippen molar-refractivity contribution in [1.82, 2.24) is 4.57 Å².